The fourth-order valence-corrected chi connectivity index (χ4v) is 3.29. The standard InChI is InChI=1S/C16H24F3NOS/c1-5-15(3,4)22(21)10-6-7-12(2)13-8-9-14(20-11-13)16(17,18)19/h8-9,11-12H,5-7,10H2,1-4H3/t12-,22+/m0/s1. The number of alkyl halides is 3. The number of pyridine rings is 1. The fourth-order valence-electron chi connectivity index (χ4n) is 1.99. The van der Waals surface area contributed by atoms with E-state index >= 15 is 0 Å². The third kappa shape index (κ3) is 5.38. The summed E-state index contributed by atoms with van der Waals surface area (Å²) >= 11 is 0. The highest BCUT2D eigenvalue weighted by Crippen LogP contribution is 2.29. The Morgan fingerprint density at radius 3 is 2.36 bits per heavy atom. The van der Waals surface area contributed by atoms with Gasteiger partial charge < -0.3 is 0 Å². The van der Waals surface area contributed by atoms with Gasteiger partial charge in [-0.15, -0.1) is 0 Å². The lowest BCUT2D eigenvalue weighted by molar-refractivity contribution is -0.141. The summed E-state index contributed by atoms with van der Waals surface area (Å²) in [6.07, 6.45) is -0.667. The molecule has 1 rings (SSSR count). The number of rotatable bonds is 7. The lowest BCUT2D eigenvalue weighted by atomic mass is 9.98. The summed E-state index contributed by atoms with van der Waals surface area (Å²) in [6, 6.07) is 2.50. The molecular weight excluding hydrogens is 311 g/mol. The first-order valence-electron chi connectivity index (χ1n) is 7.49. The molecule has 2 atom stereocenters. The largest absolute Gasteiger partial charge is 0.433 e. The van der Waals surface area contributed by atoms with E-state index in [2.05, 4.69) is 4.98 Å². The summed E-state index contributed by atoms with van der Waals surface area (Å²) in [5.74, 6) is 0.732. The van der Waals surface area contributed by atoms with E-state index in [0.29, 0.717) is 5.75 Å². The Morgan fingerprint density at radius 1 is 1.27 bits per heavy atom. The van der Waals surface area contributed by atoms with Gasteiger partial charge in [-0.3, -0.25) is 9.19 Å². The Hall–Kier alpha value is -0.910. The number of nitrogens with zero attached hydrogens (tertiary/aromatic N) is 1. The van der Waals surface area contributed by atoms with Gasteiger partial charge in [0, 0.05) is 27.5 Å². The second kappa shape index (κ2) is 7.57. The number of hydrogen-bond acceptors (Lipinski definition) is 2. The highest BCUT2D eigenvalue weighted by atomic mass is 32.2. The molecule has 0 bridgehead atoms. The number of aromatic nitrogens is 1. The molecule has 126 valence electrons. The summed E-state index contributed by atoms with van der Waals surface area (Å²) in [5, 5.41) is 0. The average molecular weight is 335 g/mol. The van der Waals surface area contributed by atoms with Crippen LogP contribution in [-0.2, 0) is 17.0 Å². The zero-order valence-electron chi connectivity index (χ0n) is 13.5. The molecule has 0 aromatic carbocycles. The van der Waals surface area contributed by atoms with Crippen molar-refractivity contribution in [3.8, 4) is 0 Å². The van der Waals surface area contributed by atoms with Crippen LogP contribution in [0, 0.1) is 0 Å². The molecule has 0 unspecified atom stereocenters. The molecule has 1 heterocycles. The monoisotopic (exact) mass is 335 g/mol. The van der Waals surface area contributed by atoms with Crippen LogP contribution in [0.15, 0.2) is 18.3 Å². The van der Waals surface area contributed by atoms with Crippen LogP contribution in [-0.4, -0.2) is 19.7 Å². The maximum atomic E-state index is 12.5. The third-order valence-corrected chi connectivity index (χ3v) is 6.26. The minimum atomic E-state index is -4.40. The second-order valence-electron chi connectivity index (χ2n) is 6.18. The van der Waals surface area contributed by atoms with Gasteiger partial charge in [0.2, 0.25) is 0 Å². The molecule has 0 spiro atoms. The van der Waals surface area contributed by atoms with E-state index in [1.165, 1.54) is 12.3 Å². The molecule has 0 aliphatic heterocycles. The van der Waals surface area contributed by atoms with Crippen LogP contribution in [0.4, 0.5) is 13.2 Å². The molecule has 2 nitrogen and oxygen atoms in total. The summed E-state index contributed by atoms with van der Waals surface area (Å²) in [4.78, 5) is 3.48. The fraction of sp³-hybridized carbons (Fsp3) is 0.688. The Labute approximate surface area is 133 Å². The van der Waals surface area contributed by atoms with E-state index < -0.39 is 22.7 Å². The van der Waals surface area contributed by atoms with Crippen LogP contribution in [0.1, 0.15) is 64.1 Å². The topological polar surface area (TPSA) is 30.0 Å². The maximum Gasteiger partial charge on any atom is 0.433 e. The van der Waals surface area contributed by atoms with Gasteiger partial charge in [0.05, 0.1) is 0 Å². The van der Waals surface area contributed by atoms with Crippen molar-refractivity contribution in [1.82, 2.24) is 4.98 Å². The van der Waals surface area contributed by atoms with Gasteiger partial charge in [0.25, 0.3) is 0 Å². The van der Waals surface area contributed by atoms with Crippen molar-refractivity contribution in [2.75, 3.05) is 5.75 Å². The Morgan fingerprint density at radius 2 is 1.91 bits per heavy atom. The Bertz CT molecular complexity index is 497. The van der Waals surface area contributed by atoms with Crippen molar-refractivity contribution in [3.63, 3.8) is 0 Å². The van der Waals surface area contributed by atoms with E-state index in [9.17, 15) is 17.4 Å². The zero-order chi connectivity index (χ0) is 17.0. The van der Waals surface area contributed by atoms with Crippen molar-refractivity contribution < 1.29 is 17.4 Å². The van der Waals surface area contributed by atoms with Crippen LogP contribution >= 0.6 is 0 Å². The molecule has 0 aliphatic rings. The molecule has 0 saturated heterocycles. The molecule has 0 aliphatic carbocycles. The van der Waals surface area contributed by atoms with Gasteiger partial charge in [0.1, 0.15) is 5.69 Å². The lowest BCUT2D eigenvalue weighted by Gasteiger charge is -2.22. The Kier molecular flexibility index (Phi) is 6.59. The lowest BCUT2D eigenvalue weighted by Crippen LogP contribution is -2.27. The van der Waals surface area contributed by atoms with Crippen molar-refractivity contribution in [1.29, 1.82) is 0 Å². The Balaban J connectivity index is 2.53. The molecule has 0 N–H and O–H groups in total. The minimum absolute atomic E-state index is 0.108. The smallest absolute Gasteiger partial charge is 0.259 e. The first-order chi connectivity index (χ1) is 10.1. The van der Waals surface area contributed by atoms with Crippen LogP contribution in [0.3, 0.4) is 0 Å². The van der Waals surface area contributed by atoms with Crippen LogP contribution < -0.4 is 0 Å². The quantitative estimate of drug-likeness (QED) is 0.708. The highest BCUT2D eigenvalue weighted by Gasteiger charge is 2.32. The first-order valence-corrected chi connectivity index (χ1v) is 8.81. The molecule has 1 aromatic heterocycles. The summed E-state index contributed by atoms with van der Waals surface area (Å²) in [7, 11) is -0.883. The van der Waals surface area contributed by atoms with Crippen LogP contribution in [0.2, 0.25) is 0 Å². The molecule has 0 amide bonds. The molecule has 0 saturated carbocycles. The minimum Gasteiger partial charge on any atom is -0.259 e. The molecule has 0 radical (unpaired) electrons. The molecule has 6 heteroatoms. The molecule has 1 aromatic rings. The average Bonchev–Trinajstić information content (AvgIpc) is 2.46. The van der Waals surface area contributed by atoms with Crippen molar-refractivity contribution in [2.45, 2.75) is 63.8 Å². The molecular formula is C16H24F3NOS. The number of halogens is 3. The predicted molar refractivity (Wildman–Crippen MR) is 84.3 cm³/mol. The zero-order valence-corrected chi connectivity index (χ0v) is 14.4. The molecule has 0 fully saturated rings. The second-order valence-corrected chi connectivity index (χ2v) is 8.39. The van der Waals surface area contributed by atoms with Crippen molar-refractivity contribution in [2.24, 2.45) is 0 Å². The summed E-state index contributed by atoms with van der Waals surface area (Å²) in [5.41, 5.74) is -0.0808. The summed E-state index contributed by atoms with van der Waals surface area (Å²) < 4.78 is 49.3. The SMILES string of the molecule is CCC(C)(C)[S@](=O)CCC[C@H](C)c1ccc(C(F)(F)F)nc1. The van der Waals surface area contributed by atoms with Gasteiger partial charge in [-0.25, -0.2) is 0 Å². The summed E-state index contributed by atoms with van der Waals surface area (Å²) in [6.45, 7) is 7.96. The van der Waals surface area contributed by atoms with Crippen molar-refractivity contribution in [3.05, 3.63) is 29.6 Å². The highest BCUT2D eigenvalue weighted by molar-refractivity contribution is 7.86. The third-order valence-electron chi connectivity index (χ3n) is 4.08. The van der Waals surface area contributed by atoms with Gasteiger partial charge in [0.15, 0.2) is 0 Å². The maximum absolute atomic E-state index is 12.5. The van der Waals surface area contributed by atoms with Crippen LogP contribution in [0.5, 0.6) is 0 Å². The van der Waals surface area contributed by atoms with E-state index in [1.807, 2.05) is 27.7 Å². The normalized spacial score (nSPS) is 15.6. The van der Waals surface area contributed by atoms with Gasteiger partial charge in [-0.05, 0) is 50.7 Å². The first kappa shape index (κ1) is 19.1. The van der Waals surface area contributed by atoms with E-state index in [4.69, 9.17) is 0 Å². The predicted octanol–water partition coefficient (Wildman–Crippen LogP) is 4.92. The van der Waals surface area contributed by atoms with E-state index in [-0.39, 0.29) is 10.7 Å². The van der Waals surface area contributed by atoms with Crippen molar-refractivity contribution >= 4 is 10.8 Å². The molecule has 22 heavy (non-hydrogen) atoms. The van der Waals surface area contributed by atoms with E-state index in [1.54, 1.807) is 0 Å². The van der Waals surface area contributed by atoms with Gasteiger partial charge in [-0.1, -0.05) is 19.9 Å². The van der Waals surface area contributed by atoms with Crippen LogP contribution in [0.25, 0.3) is 0 Å². The van der Waals surface area contributed by atoms with Gasteiger partial charge in [-0.2, -0.15) is 13.2 Å². The number of hydrogen-bond donors (Lipinski definition) is 0. The van der Waals surface area contributed by atoms with Gasteiger partial charge >= 0.3 is 6.18 Å². The van der Waals surface area contributed by atoms with E-state index in [0.717, 1.165) is 30.9 Å².